The smallest absolute Gasteiger partial charge is 0.303 e. The van der Waals surface area contributed by atoms with Gasteiger partial charge in [0.05, 0.1) is 6.10 Å². The van der Waals surface area contributed by atoms with Gasteiger partial charge in [-0.05, 0) is 12.8 Å². The number of unbranched alkanes of at least 4 members (excludes halogenated alkanes) is 1. The van der Waals surface area contributed by atoms with Crippen LogP contribution in [0.1, 0.15) is 25.7 Å². The molecule has 0 aliphatic carbocycles. The number of hydrogen-bond acceptors (Lipinski definition) is 7. The Bertz CT molecular complexity index is 298. The Morgan fingerprint density at radius 2 is 2.00 bits per heavy atom. The van der Waals surface area contributed by atoms with E-state index in [0.717, 1.165) is 0 Å². The summed E-state index contributed by atoms with van der Waals surface area (Å²) in [5.74, 6) is -3.31. The topological polar surface area (TPSA) is 153 Å². The molecule has 106 valence electrons. The maximum absolute atomic E-state index is 10.3. The number of nitrogens with two attached hydrogens (primary N) is 1. The number of ether oxygens (including phenoxy) is 1. The van der Waals surface area contributed by atoms with Crippen LogP contribution in [0.3, 0.4) is 0 Å². The van der Waals surface area contributed by atoms with E-state index in [4.69, 9.17) is 20.7 Å². The number of rotatable bonds is 6. The molecule has 8 nitrogen and oxygen atoms in total. The fourth-order valence-corrected chi connectivity index (χ4v) is 1.93. The van der Waals surface area contributed by atoms with Gasteiger partial charge in [-0.2, -0.15) is 0 Å². The molecule has 1 heterocycles. The second kappa shape index (κ2) is 5.91. The van der Waals surface area contributed by atoms with Gasteiger partial charge in [0, 0.05) is 6.42 Å². The van der Waals surface area contributed by atoms with Crippen molar-refractivity contribution < 1.29 is 35.1 Å². The van der Waals surface area contributed by atoms with Crippen molar-refractivity contribution in [3.05, 3.63) is 0 Å². The van der Waals surface area contributed by atoms with Crippen molar-refractivity contribution in [2.45, 2.75) is 56.0 Å². The third-order valence-electron chi connectivity index (χ3n) is 3.02. The minimum atomic E-state index is -2.39. The molecule has 5 atom stereocenters. The molecule has 8 heteroatoms. The molecule has 1 saturated heterocycles. The molecule has 18 heavy (non-hydrogen) atoms. The summed E-state index contributed by atoms with van der Waals surface area (Å²) in [5.41, 5.74) is 5.07. The first kappa shape index (κ1) is 15.3. The molecule has 1 unspecified atom stereocenters. The molecular weight excluding hydrogens is 246 g/mol. The zero-order valence-corrected chi connectivity index (χ0v) is 9.77. The standard InChI is InChI=1S/C10H19NO7/c11-9(16)10(17)8(15)7(14)5(18-10)3-1-2-4-6(12)13/h5,7-9,14-17H,1-4,11H2,(H,12,13)/t5-,7+,8-,9?,10-/m0/s1. The van der Waals surface area contributed by atoms with Crippen LogP contribution in [0.2, 0.25) is 0 Å². The van der Waals surface area contributed by atoms with E-state index >= 15 is 0 Å². The van der Waals surface area contributed by atoms with E-state index in [-0.39, 0.29) is 12.8 Å². The van der Waals surface area contributed by atoms with Crippen molar-refractivity contribution >= 4 is 5.97 Å². The predicted octanol–water partition coefficient (Wildman–Crippen LogP) is -2.28. The van der Waals surface area contributed by atoms with Crippen LogP contribution in [-0.2, 0) is 9.53 Å². The summed E-state index contributed by atoms with van der Waals surface area (Å²) in [6, 6.07) is 0. The Balaban J connectivity index is 2.46. The predicted molar refractivity (Wildman–Crippen MR) is 58.1 cm³/mol. The Morgan fingerprint density at radius 3 is 2.44 bits per heavy atom. The van der Waals surface area contributed by atoms with Crippen molar-refractivity contribution in [2.24, 2.45) is 5.73 Å². The average Bonchev–Trinajstić information content (AvgIpc) is 2.50. The Morgan fingerprint density at radius 1 is 1.39 bits per heavy atom. The molecule has 1 fully saturated rings. The van der Waals surface area contributed by atoms with Gasteiger partial charge >= 0.3 is 5.97 Å². The average molecular weight is 265 g/mol. The van der Waals surface area contributed by atoms with E-state index in [0.29, 0.717) is 12.8 Å². The molecule has 0 aromatic heterocycles. The van der Waals surface area contributed by atoms with Gasteiger partial charge in [0.25, 0.3) is 0 Å². The fourth-order valence-electron chi connectivity index (χ4n) is 1.93. The van der Waals surface area contributed by atoms with Crippen LogP contribution in [0.4, 0.5) is 0 Å². The fraction of sp³-hybridized carbons (Fsp3) is 0.900. The highest BCUT2D eigenvalue weighted by atomic mass is 16.7. The van der Waals surface area contributed by atoms with Gasteiger partial charge in [-0.3, -0.25) is 4.79 Å². The van der Waals surface area contributed by atoms with Gasteiger partial charge in [-0.15, -0.1) is 0 Å². The minimum absolute atomic E-state index is 0.00481. The Labute approximate surface area is 104 Å². The molecule has 1 aliphatic rings. The lowest BCUT2D eigenvalue weighted by atomic mass is 10.0. The highest BCUT2D eigenvalue weighted by Gasteiger charge is 2.56. The van der Waals surface area contributed by atoms with E-state index < -0.39 is 36.3 Å². The highest BCUT2D eigenvalue weighted by molar-refractivity contribution is 5.66. The second-order valence-corrected chi connectivity index (χ2v) is 4.43. The first-order valence-corrected chi connectivity index (χ1v) is 5.70. The minimum Gasteiger partial charge on any atom is -0.481 e. The van der Waals surface area contributed by atoms with E-state index in [9.17, 15) is 20.1 Å². The molecule has 1 rings (SSSR count). The molecule has 1 aliphatic heterocycles. The Kier molecular flexibility index (Phi) is 5.02. The lowest BCUT2D eigenvalue weighted by Gasteiger charge is -2.28. The van der Waals surface area contributed by atoms with Crippen molar-refractivity contribution in [1.82, 2.24) is 0 Å². The molecule has 0 bridgehead atoms. The molecule has 0 aromatic rings. The van der Waals surface area contributed by atoms with Crippen molar-refractivity contribution in [1.29, 1.82) is 0 Å². The first-order chi connectivity index (χ1) is 8.29. The zero-order valence-electron chi connectivity index (χ0n) is 9.77. The maximum atomic E-state index is 10.3. The third kappa shape index (κ3) is 3.16. The molecule has 0 radical (unpaired) electrons. The van der Waals surface area contributed by atoms with Crippen LogP contribution >= 0.6 is 0 Å². The van der Waals surface area contributed by atoms with Gasteiger partial charge in [-0.1, -0.05) is 6.42 Å². The quantitative estimate of drug-likeness (QED) is 0.232. The van der Waals surface area contributed by atoms with Crippen molar-refractivity contribution in [3.8, 4) is 0 Å². The van der Waals surface area contributed by atoms with Gasteiger partial charge in [-0.25, -0.2) is 0 Å². The highest BCUT2D eigenvalue weighted by Crippen LogP contribution is 2.33. The van der Waals surface area contributed by atoms with E-state index in [1.54, 1.807) is 0 Å². The van der Waals surface area contributed by atoms with Crippen molar-refractivity contribution in [3.63, 3.8) is 0 Å². The zero-order chi connectivity index (χ0) is 13.9. The summed E-state index contributed by atoms with van der Waals surface area (Å²) >= 11 is 0. The van der Waals surface area contributed by atoms with E-state index in [1.807, 2.05) is 0 Å². The monoisotopic (exact) mass is 265 g/mol. The SMILES string of the molecule is NC(O)[C@@]1(O)O[C@@H](CCCCC(=O)O)[C@@H](O)[C@@H]1O. The van der Waals surface area contributed by atoms with E-state index in [1.165, 1.54) is 0 Å². The Hall–Kier alpha value is -0.770. The van der Waals surface area contributed by atoms with Gasteiger partial charge in [0.2, 0.25) is 5.79 Å². The summed E-state index contributed by atoms with van der Waals surface area (Å²) in [5, 5.41) is 46.5. The summed E-state index contributed by atoms with van der Waals surface area (Å²) in [7, 11) is 0. The van der Waals surface area contributed by atoms with Crippen LogP contribution in [0, 0.1) is 0 Å². The summed E-state index contributed by atoms with van der Waals surface area (Å²) < 4.78 is 4.98. The third-order valence-corrected chi connectivity index (χ3v) is 3.02. The number of carboxylic acids is 1. The second-order valence-electron chi connectivity index (χ2n) is 4.43. The van der Waals surface area contributed by atoms with Gasteiger partial charge in [0.1, 0.15) is 12.2 Å². The number of aliphatic hydroxyl groups excluding tert-OH is 3. The van der Waals surface area contributed by atoms with Crippen LogP contribution in [0.5, 0.6) is 0 Å². The first-order valence-electron chi connectivity index (χ1n) is 5.70. The number of aliphatic carboxylic acids is 1. The van der Waals surface area contributed by atoms with Gasteiger partial charge in [0.15, 0.2) is 6.23 Å². The number of carbonyl (C=O) groups is 1. The molecule has 0 spiro atoms. The summed E-state index contributed by atoms with van der Waals surface area (Å²) in [6.07, 6.45) is -4.74. The van der Waals surface area contributed by atoms with Crippen LogP contribution in [0.15, 0.2) is 0 Å². The lowest BCUT2D eigenvalue weighted by Crippen LogP contribution is -2.56. The molecule has 7 N–H and O–H groups in total. The van der Waals surface area contributed by atoms with Crippen LogP contribution < -0.4 is 5.73 Å². The normalized spacial score (nSPS) is 37.7. The van der Waals surface area contributed by atoms with E-state index in [2.05, 4.69) is 0 Å². The molecule has 0 amide bonds. The number of aliphatic hydroxyl groups is 4. The van der Waals surface area contributed by atoms with Crippen LogP contribution in [-0.4, -0.2) is 61.8 Å². The summed E-state index contributed by atoms with van der Waals surface area (Å²) in [6.45, 7) is 0. The lowest BCUT2D eigenvalue weighted by molar-refractivity contribution is -0.275. The maximum Gasteiger partial charge on any atom is 0.303 e. The molecular formula is C10H19NO7. The summed E-state index contributed by atoms with van der Waals surface area (Å²) in [4.78, 5) is 10.3. The van der Waals surface area contributed by atoms with Gasteiger partial charge < -0.3 is 36.0 Å². The van der Waals surface area contributed by atoms with Crippen molar-refractivity contribution in [2.75, 3.05) is 0 Å². The molecule has 0 aromatic carbocycles. The molecule has 0 saturated carbocycles. The number of hydrogen-bond donors (Lipinski definition) is 6. The van der Waals surface area contributed by atoms with Crippen LogP contribution in [0.25, 0.3) is 0 Å². The number of carboxylic acid groups (broad SMARTS) is 1. The largest absolute Gasteiger partial charge is 0.481 e.